The molecule has 2 aliphatic rings. The fourth-order valence-corrected chi connectivity index (χ4v) is 3.41. The van der Waals surface area contributed by atoms with Gasteiger partial charge in [0.2, 0.25) is 5.91 Å². The van der Waals surface area contributed by atoms with E-state index in [0.29, 0.717) is 13.2 Å². The van der Waals surface area contributed by atoms with Crippen LogP contribution in [0, 0.1) is 5.82 Å². The molecule has 6 heteroatoms. The highest BCUT2D eigenvalue weighted by Gasteiger charge is 2.31. The highest BCUT2D eigenvalue weighted by molar-refractivity contribution is 5.82. The zero-order chi connectivity index (χ0) is 16.2. The van der Waals surface area contributed by atoms with Gasteiger partial charge in [0.1, 0.15) is 12.4 Å². The smallest absolute Gasteiger partial charge is 0.410 e. The first kappa shape index (κ1) is 15.8. The SMILES string of the molecule is O=C(CN1CCCOC1=O)N[C@@H]1CCC[C@@H]1c1ccc(F)cc1. The topological polar surface area (TPSA) is 58.6 Å². The molecule has 1 aliphatic heterocycles. The van der Waals surface area contributed by atoms with Crippen LogP contribution in [0.25, 0.3) is 0 Å². The third kappa shape index (κ3) is 3.81. The molecule has 2 fully saturated rings. The molecule has 1 saturated carbocycles. The van der Waals surface area contributed by atoms with Gasteiger partial charge in [-0.25, -0.2) is 9.18 Å². The third-order valence-electron chi connectivity index (χ3n) is 4.55. The van der Waals surface area contributed by atoms with Crippen LogP contribution in [0.1, 0.15) is 37.2 Å². The minimum Gasteiger partial charge on any atom is -0.449 e. The van der Waals surface area contributed by atoms with Gasteiger partial charge in [-0.2, -0.15) is 0 Å². The van der Waals surface area contributed by atoms with Crippen molar-refractivity contribution in [3.05, 3.63) is 35.6 Å². The van der Waals surface area contributed by atoms with Gasteiger partial charge in [-0.1, -0.05) is 18.6 Å². The number of hydrogen-bond donors (Lipinski definition) is 1. The molecule has 0 aromatic heterocycles. The van der Waals surface area contributed by atoms with Crippen molar-refractivity contribution in [2.75, 3.05) is 19.7 Å². The van der Waals surface area contributed by atoms with E-state index >= 15 is 0 Å². The molecule has 1 aliphatic carbocycles. The van der Waals surface area contributed by atoms with E-state index in [4.69, 9.17) is 4.74 Å². The van der Waals surface area contributed by atoms with Crippen LogP contribution >= 0.6 is 0 Å². The van der Waals surface area contributed by atoms with Crippen LogP contribution in [0.4, 0.5) is 9.18 Å². The maximum absolute atomic E-state index is 13.1. The first-order valence-electron chi connectivity index (χ1n) is 8.10. The fourth-order valence-electron chi connectivity index (χ4n) is 3.41. The van der Waals surface area contributed by atoms with Crippen molar-refractivity contribution in [3.63, 3.8) is 0 Å². The molecule has 0 bridgehead atoms. The van der Waals surface area contributed by atoms with E-state index in [1.54, 1.807) is 12.1 Å². The van der Waals surface area contributed by atoms with Gasteiger partial charge in [-0.3, -0.25) is 9.69 Å². The third-order valence-corrected chi connectivity index (χ3v) is 4.55. The Morgan fingerprint density at radius 3 is 2.78 bits per heavy atom. The molecule has 0 radical (unpaired) electrons. The molecule has 1 aromatic carbocycles. The molecule has 1 saturated heterocycles. The molecular formula is C17H21FN2O3. The van der Waals surface area contributed by atoms with Crippen molar-refractivity contribution in [2.24, 2.45) is 0 Å². The Balaban J connectivity index is 1.58. The summed E-state index contributed by atoms with van der Waals surface area (Å²) in [6, 6.07) is 6.51. The van der Waals surface area contributed by atoms with Crippen molar-refractivity contribution in [3.8, 4) is 0 Å². The Morgan fingerprint density at radius 1 is 1.26 bits per heavy atom. The van der Waals surface area contributed by atoms with Gasteiger partial charge in [0.05, 0.1) is 6.61 Å². The number of rotatable bonds is 4. The zero-order valence-corrected chi connectivity index (χ0v) is 13.0. The second-order valence-electron chi connectivity index (χ2n) is 6.15. The molecule has 0 unspecified atom stereocenters. The number of carbonyl (C=O) groups excluding carboxylic acids is 2. The summed E-state index contributed by atoms with van der Waals surface area (Å²) in [4.78, 5) is 25.2. The molecule has 5 nitrogen and oxygen atoms in total. The van der Waals surface area contributed by atoms with E-state index in [1.807, 2.05) is 0 Å². The van der Waals surface area contributed by atoms with E-state index in [1.165, 1.54) is 17.0 Å². The Labute approximate surface area is 134 Å². The lowest BCUT2D eigenvalue weighted by molar-refractivity contribution is -0.123. The summed E-state index contributed by atoms with van der Waals surface area (Å²) in [5, 5.41) is 3.03. The predicted molar refractivity (Wildman–Crippen MR) is 82.5 cm³/mol. The number of amides is 2. The second-order valence-corrected chi connectivity index (χ2v) is 6.15. The van der Waals surface area contributed by atoms with Crippen molar-refractivity contribution in [2.45, 2.75) is 37.6 Å². The lowest BCUT2D eigenvalue weighted by Crippen LogP contribution is -2.47. The van der Waals surface area contributed by atoms with Crippen molar-refractivity contribution in [1.29, 1.82) is 0 Å². The summed E-state index contributed by atoms with van der Waals surface area (Å²) < 4.78 is 18.0. The molecule has 2 amide bonds. The molecule has 3 rings (SSSR count). The van der Waals surface area contributed by atoms with Crippen LogP contribution < -0.4 is 5.32 Å². The number of benzene rings is 1. The van der Waals surface area contributed by atoms with Gasteiger partial charge < -0.3 is 10.1 Å². The maximum Gasteiger partial charge on any atom is 0.410 e. The number of carbonyl (C=O) groups is 2. The van der Waals surface area contributed by atoms with Crippen molar-refractivity contribution < 1.29 is 18.7 Å². The molecule has 124 valence electrons. The van der Waals surface area contributed by atoms with Gasteiger partial charge in [-0.15, -0.1) is 0 Å². The highest BCUT2D eigenvalue weighted by Crippen LogP contribution is 2.34. The molecule has 1 N–H and O–H groups in total. The summed E-state index contributed by atoms with van der Waals surface area (Å²) in [6.45, 7) is 1.01. The van der Waals surface area contributed by atoms with Gasteiger partial charge in [-0.05, 0) is 37.0 Å². The molecule has 1 aromatic rings. The van der Waals surface area contributed by atoms with Gasteiger partial charge in [0.15, 0.2) is 0 Å². The zero-order valence-electron chi connectivity index (χ0n) is 13.0. The van der Waals surface area contributed by atoms with Crippen LogP contribution in [0.3, 0.4) is 0 Å². The quantitative estimate of drug-likeness (QED) is 0.927. The standard InChI is InChI=1S/C17H21FN2O3/c18-13-7-5-12(6-8-13)14-3-1-4-15(14)19-16(21)11-20-9-2-10-23-17(20)22/h5-8,14-15H,1-4,9-11H2,(H,19,21)/t14-,15-/m1/s1. The van der Waals surface area contributed by atoms with E-state index in [9.17, 15) is 14.0 Å². The number of hydrogen-bond acceptors (Lipinski definition) is 3. The summed E-state index contributed by atoms with van der Waals surface area (Å²) >= 11 is 0. The predicted octanol–water partition coefficient (Wildman–Crippen LogP) is 2.42. The molecular weight excluding hydrogens is 299 g/mol. The first-order chi connectivity index (χ1) is 11.1. The molecule has 0 spiro atoms. The monoisotopic (exact) mass is 320 g/mol. The van der Waals surface area contributed by atoms with Crippen LogP contribution in [-0.2, 0) is 9.53 Å². The van der Waals surface area contributed by atoms with Crippen LogP contribution in [0.2, 0.25) is 0 Å². The van der Waals surface area contributed by atoms with E-state index in [2.05, 4.69) is 5.32 Å². The summed E-state index contributed by atoms with van der Waals surface area (Å²) in [6.07, 6.45) is 3.23. The summed E-state index contributed by atoms with van der Waals surface area (Å²) in [7, 11) is 0. The largest absolute Gasteiger partial charge is 0.449 e. The lowest BCUT2D eigenvalue weighted by atomic mass is 9.94. The minimum absolute atomic E-state index is 0.0332. The number of cyclic esters (lactones) is 1. The minimum atomic E-state index is -0.423. The van der Waals surface area contributed by atoms with E-state index in [-0.39, 0.29) is 30.2 Å². The van der Waals surface area contributed by atoms with Gasteiger partial charge in [0.25, 0.3) is 0 Å². The normalized spacial score (nSPS) is 24.4. The van der Waals surface area contributed by atoms with Crippen LogP contribution in [0.15, 0.2) is 24.3 Å². The number of nitrogens with zero attached hydrogens (tertiary/aromatic N) is 1. The average Bonchev–Trinajstić information content (AvgIpc) is 2.98. The van der Waals surface area contributed by atoms with Crippen molar-refractivity contribution in [1.82, 2.24) is 10.2 Å². The first-order valence-corrected chi connectivity index (χ1v) is 8.10. The Kier molecular flexibility index (Phi) is 4.79. The lowest BCUT2D eigenvalue weighted by Gasteiger charge is -2.27. The maximum atomic E-state index is 13.1. The van der Waals surface area contributed by atoms with Gasteiger partial charge in [0, 0.05) is 18.5 Å². The summed E-state index contributed by atoms with van der Waals surface area (Å²) in [5.41, 5.74) is 1.05. The molecule has 2 atom stereocenters. The Hall–Kier alpha value is -2.11. The van der Waals surface area contributed by atoms with E-state index < -0.39 is 6.09 Å². The summed E-state index contributed by atoms with van der Waals surface area (Å²) in [5.74, 6) is -0.216. The molecule has 23 heavy (non-hydrogen) atoms. The highest BCUT2D eigenvalue weighted by atomic mass is 19.1. The Morgan fingerprint density at radius 2 is 2.04 bits per heavy atom. The van der Waals surface area contributed by atoms with Crippen molar-refractivity contribution >= 4 is 12.0 Å². The molecule has 1 heterocycles. The second kappa shape index (κ2) is 6.98. The number of ether oxygens (including phenoxy) is 1. The number of nitrogens with one attached hydrogen (secondary N) is 1. The van der Waals surface area contributed by atoms with Gasteiger partial charge >= 0.3 is 6.09 Å². The van der Waals surface area contributed by atoms with Crippen LogP contribution in [0.5, 0.6) is 0 Å². The van der Waals surface area contributed by atoms with Crippen LogP contribution in [-0.4, -0.2) is 42.6 Å². The average molecular weight is 320 g/mol. The van der Waals surface area contributed by atoms with E-state index in [0.717, 1.165) is 31.2 Å². The number of halogens is 1. The Bertz CT molecular complexity index is 576. The fraction of sp³-hybridized carbons (Fsp3) is 0.529.